The highest BCUT2D eigenvalue weighted by atomic mass is 16.5. The Morgan fingerprint density at radius 2 is 2.07 bits per heavy atom. The van der Waals surface area contributed by atoms with Gasteiger partial charge in [-0.3, -0.25) is 0 Å². The molecule has 3 heteroatoms. The van der Waals surface area contributed by atoms with E-state index in [0.717, 1.165) is 12.1 Å². The van der Waals surface area contributed by atoms with Crippen LogP contribution >= 0.6 is 0 Å². The van der Waals surface area contributed by atoms with E-state index in [1.807, 2.05) is 6.07 Å². The molecule has 86 valence electrons. The second-order valence-electron chi connectivity index (χ2n) is 4.84. The number of rotatable bonds is 6. The van der Waals surface area contributed by atoms with Crippen LogP contribution in [-0.4, -0.2) is 17.2 Å². The van der Waals surface area contributed by atoms with Crippen molar-refractivity contribution in [3.8, 4) is 0 Å². The average Bonchev–Trinajstić information content (AvgIpc) is 2.53. The summed E-state index contributed by atoms with van der Waals surface area (Å²) >= 11 is 0. The summed E-state index contributed by atoms with van der Waals surface area (Å²) in [6, 6.07) is 2.95. The van der Waals surface area contributed by atoms with Gasteiger partial charge < -0.3 is 9.84 Å². The van der Waals surface area contributed by atoms with Crippen LogP contribution < -0.4 is 5.32 Å². The summed E-state index contributed by atoms with van der Waals surface area (Å²) in [5, 5.41) is 7.52. The van der Waals surface area contributed by atoms with E-state index < -0.39 is 0 Å². The molecule has 1 aromatic rings. The van der Waals surface area contributed by atoms with Crippen molar-refractivity contribution in [3.63, 3.8) is 0 Å². The van der Waals surface area contributed by atoms with Gasteiger partial charge in [0.2, 0.25) is 0 Å². The van der Waals surface area contributed by atoms with Crippen LogP contribution in [0.1, 0.15) is 39.8 Å². The predicted molar refractivity (Wildman–Crippen MR) is 61.7 cm³/mol. The molecule has 1 aromatic heterocycles. The molecule has 0 unspecified atom stereocenters. The summed E-state index contributed by atoms with van der Waals surface area (Å²) in [5.74, 6) is 0.702. The molecule has 0 amide bonds. The molecule has 1 heterocycles. The second kappa shape index (κ2) is 5.91. The number of hydrogen-bond acceptors (Lipinski definition) is 3. The normalized spacial score (nSPS) is 13.7. The summed E-state index contributed by atoms with van der Waals surface area (Å²) in [5.41, 5.74) is 1.04. The first-order chi connectivity index (χ1) is 7.08. The zero-order valence-electron chi connectivity index (χ0n) is 10.2. The van der Waals surface area contributed by atoms with Crippen LogP contribution in [-0.2, 0) is 6.42 Å². The van der Waals surface area contributed by atoms with Gasteiger partial charge in [-0.2, -0.15) is 0 Å². The molecule has 0 aromatic carbocycles. The predicted octanol–water partition coefficient (Wildman–Crippen LogP) is 2.63. The first kappa shape index (κ1) is 12.2. The Bertz CT molecular complexity index is 245. The Kier molecular flexibility index (Phi) is 4.82. The average molecular weight is 210 g/mol. The fourth-order valence-electron chi connectivity index (χ4n) is 1.85. The molecule has 0 radical (unpaired) electrons. The third kappa shape index (κ3) is 4.98. The topological polar surface area (TPSA) is 38.1 Å². The van der Waals surface area contributed by atoms with Crippen molar-refractivity contribution in [2.75, 3.05) is 0 Å². The molecule has 0 spiro atoms. The molecule has 0 aliphatic heterocycles. The minimum Gasteiger partial charge on any atom is -0.365 e. The lowest BCUT2D eigenvalue weighted by Gasteiger charge is -2.22. The van der Waals surface area contributed by atoms with E-state index in [9.17, 15) is 0 Å². The highest BCUT2D eigenvalue weighted by Gasteiger charge is 2.13. The van der Waals surface area contributed by atoms with Crippen LogP contribution in [0.2, 0.25) is 0 Å². The highest BCUT2D eigenvalue weighted by molar-refractivity contribution is 4.98. The molecular formula is C12H22N2O. The van der Waals surface area contributed by atoms with Crippen LogP contribution in [0.15, 0.2) is 16.9 Å². The van der Waals surface area contributed by atoms with E-state index in [4.69, 9.17) is 4.52 Å². The maximum atomic E-state index is 4.85. The highest BCUT2D eigenvalue weighted by Crippen LogP contribution is 2.10. The van der Waals surface area contributed by atoms with Gasteiger partial charge in [-0.1, -0.05) is 32.9 Å². The molecule has 0 saturated heterocycles. The molecule has 1 rings (SSSR count). The minimum atomic E-state index is 0.495. The SMILES string of the molecule is CC(C)C[C@@H](Cc1ccon1)NC(C)C. The molecule has 0 saturated carbocycles. The number of nitrogens with one attached hydrogen (secondary N) is 1. The second-order valence-corrected chi connectivity index (χ2v) is 4.84. The van der Waals surface area contributed by atoms with E-state index in [1.54, 1.807) is 6.26 Å². The van der Waals surface area contributed by atoms with E-state index in [-0.39, 0.29) is 0 Å². The molecule has 0 fully saturated rings. The van der Waals surface area contributed by atoms with Crippen LogP contribution in [0.5, 0.6) is 0 Å². The molecular weight excluding hydrogens is 188 g/mol. The van der Waals surface area contributed by atoms with E-state index in [1.165, 1.54) is 6.42 Å². The van der Waals surface area contributed by atoms with Gasteiger partial charge >= 0.3 is 0 Å². The summed E-state index contributed by atoms with van der Waals surface area (Å²) < 4.78 is 4.85. The first-order valence-electron chi connectivity index (χ1n) is 5.73. The maximum absolute atomic E-state index is 4.85. The van der Waals surface area contributed by atoms with Crippen molar-refractivity contribution in [2.45, 2.75) is 52.6 Å². The van der Waals surface area contributed by atoms with Crippen LogP contribution in [0, 0.1) is 5.92 Å². The smallest absolute Gasteiger partial charge is 0.124 e. The fourth-order valence-corrected chi connectivity index (χ4v) is 1.85. The molecule has 0 aliphatic rings. The Labute approximate surface area is 92.2 Å². The lowest BCUT2D eigenvalue weighted by molar-refractivity contribution is 0.370. The Morgan fingerprint density at radius 3 is 2.53 bits per heavy atom. The lowest BCUT2D eigenvalue weighted by atomic mass is 9.99. The molecule has 0 bridgehead atoms. The Balaban J connectivity index is 2.48. The summed E-state index contributed by atoms with van der Waals surface area (Å²) in [6.07, 6.45) is 3.76. The van der Waals surface area contributed by atoms with Crippen molar-refractivity contribution >= 4 is 0 Å². The first-order valence-corrected chi connectivity index (χ1v) is 5.73. The van der Waals surface area contributed by atoms with Crippen molar-refractivity contribution < 1.29 is 4.52 Å². The van der Waals surface area contributed by atoms with E-state index in [0.29, 0.717) is 18.0 Å². The molecule has 15 heavy (non-hydrogen) atoms. The molecule has 1 N–H and O–H groups in total. The lowest BCUT2D eigenvalue weighted by Crippen LogP contribution is -2.37. The Hall–Kier alpha value is -0.830. The molecule has 0 aliphatic carbocycles. The fraction of sp³-hybridized carbons (Fsp3) is 0.750. The van der Waals surface area contributed by atoms with Gasteiger partial charge in [0.15, 0.2) is 0 Å². The number of aromatic nitrogens is 1. The zero-order chi connectivity index (χ0) is 11.3. The van der Waals surface area contributed by atoms with Gasteiger partial charge in [0.05, 0.1) is 5.69 Å². The van der Waals surface area contributed by atoms with Crippen molar-refractivity contribution in [1.82, 2.24) is 10.5 Å². The number of nitrogens with zero attached hydrogens (tertiary/aromatic N) is 1. The molecule has 3 nitrogen and oxygen atoms in total. The van der Waals surface area contributed by atoms with Crippen LogP contribution in [0.4, 0.5) is 0 Å². The summed E-state index contributed by atoms with van der Waals surface area (Å²) in [7, 11) is 0. The molecule has 1 atom stereocenters. The van der Waals surface area contributed by atoms with Crippen LogP contribution in [0.25, 0.3) is 0 Å². The summed E-state index contributed by atoms with van der Waals surface area (Å²) in [4.78, 5) is 0. The van der Waals surface area contributed by atoms with Crippen molar-refractivity contribution in [1.29, 1.82) is 0 Å². The van der Waals surface area contributed by atoms with Gasteiger partial charge in [0.25, 0.3) is 0 Å². The largest absolute Gasteiger partial charge is 0.365 e. The number of hydrogen-bond donors (Lipinski definition) is 1. The van der Waals surface area contributed by atoms with Gasteiger partial charge in [0.1, 0.15) is 6.26 Å². The minimum absolute atomic E-state index is 0.495. The van der Waals surface area contributed by atoms with Crippen molar-refractivity contribution in [3.05, 3.63) is 18.0 Å². The van der Waals surface area contributed by atoms with Crippen LogP contribution in [0.3, 0.4) is 0 Å². The standard InChI is InChI=1S/C12H22N2O/c1-9(2)7-12(13-10(3)4)8-11-5-6-15-14-11/h5-6,9-10,12-13H,7-8H2,1-4H3/t12-/m0/s1. The van der Waals surface area contributed by atoms with Gasteiger partial charge in [-0.25, -0.2) is 0 Å². The third-order valence-corrected chi connectivity index (χ3v) is 2.27. The van der Waals surface area contributed by atoms with E-state index >= 15 is 0 Å². The van der Waals surface area contributed by atoms with Gasteiger partial charge in [-0.15, -0.1) is 0 Å². The Morgan fingerprint density at radius 1 is 1.33 bits per heavy atom. The maximum Gasteiger partial charge on any atom is 0.124 e. The quantitative estimate of drug-likeness (QED) is 0.784. The van der Waals surface area contributed by atoms with Gasteiger partial charge in [-0.05, 0) is 12.3 Å². The van der Waals surface area contributed by atoms with Crippen molar-refractivity contribution in [2.24, 2.45) is 5.92 Å². The monoisotopic (exact) mass is 210 g/mol. The third-order valence-electron chi connectivity index (χ3n) is 2.27. The zero-order valence-corrected chi connectivity index (χ0v) is 10.2. The van der Waals surface area contributed by atoms with Gasteiger partial charge in [0, 0.05) is 24.6 Å². The van der Waals surface area contributed by atoms with E-state index in [2.05, 4.69) is 38.2 Å². The summed E-state index contributed by atoms with van der Waals surface area (Å²) in [6.45, 7) is 8.85.